The fourth-order valence-corrected chi connectivity index (χ4v) is 3.17. The second-order valence-electron chi connectivity index (χ2n) is 4.27. The van der Waals surface area contributed by atoms with E-state index in [-0.39, 0.29) is 11.7 Å². The van der Waals surface area contributed by atoms with Gasteiger partial charge in [-0.2, -0.15) is 0 Å². The molecule has 13 heavy (non-hydrogen) atoms. The Bertz CT molecular complexity index is 243. The summed E-state index contributed by atoms with van der Waals surface area (Å²) in [6.45, 7) is 1.41. The van der Waals surface area contributed by atoms with E-state index in [1.54, 1.807) is 0 Å². The summed E-state index contributed by atoms with van der Waals surface area (Å²) in [7, 11) is 0. The maximum absolute atomic E-state index is 11.5. The molecule has 1 aliphatic heterocycles. The van der Waals surface area contributed by atoms with Crippen molar-refractivity contribution < 1.29 is 14.3 Å². The second kappa shape index (κ2) is 2.55. The van der Waals surface area contributed by atoms with Crippen LogP contribution in [0.4, 0.5) is 0 Å². The Kier molecular flexibility index (Phi) is 1.56. The Hall–Kier alpha value is -0.410. The normalized spacial score (nSPS) is 41.7. The highest BCUT2D eigenvalue weighted by atomic mass is 16.7. The van der Waals surface area contributed by atoms with Crippen LogP contribution >= 0.6 is 0 Å². The molecule has 0 radical (unpaired) electrons. The number of ether oxygens (including phenoxy) is 2. The fraction of sp³-hybridized carbons (Fsp3) is 0.900. The largest absolute Gasteiger partial charge is 0.347 e. The number of rotatable bonds is 0. The van der Waals surface area contributed by atoms with Gasteiger partial charge in [0.05, 0.1) is 13.2 Å². The summed E-state index contributed by atoms with van der Waals surface area (Å²) in [5.74, 6) is 0.693. The third-order valence-electron chi connectivity index (χ3n) is 3.75. The smallest absolute Gasteiger partial charge is 0.171 e. The van der Waals surface area contributed by atoms with Crippen molar-refractivity contribution in [3.8, 4) is 0 Å². The molecule has 3 heteroatoms. The van der Waals surface area contributed by atoms with Gasteiger partial charge in [-0.1, -0.05) is 0 Å². The zero-order valence-corrected chi connectivity index (χ0v) is 7.62. The van der Waals surface area contributed by atoms with Crippen molar-refractivity contribution in [2.24, 2.45) is 11.8 Å². The van der Waals surface area contributed by atoms with Crippen LogP contribution in [0.2, 0.25) is 0 Å². The van der Waals surface area contributed by atoms with Crippen LogP contribution in [0.5, 0.6) is 0 Å². The van der Waals surface area contributed by atoms with Crippen molar-refractivity contribution >= 4 is 5.78 Å². The Morgan fingerprint density at radius 2 is 2.00 bits per heavy atom. The lowest BCUT2D eigenvalue weighted by molar-refractivity contribution is -0.183. The molecule has 0 aromatic carbocycles. The average Bonchev–Trinajstić information content (AvgIpc) is 2.76. The van der Waals surface area contributed by atoms with E-state index in [0.29, 0.717) is 24.9 Å². The monoisotopic (exact) mass is 182 g/mol. The van der Waals surface area contributed by atoms with Gasteiger partial charge in [0.2, 0.25) is 0 Å². The summed E-state index contributed by atoms with van der Waals surface area (Å²) >= 11 is 0. The molecular formula is C10H14O3. The lowest BCUT2D eigenvalue weighted by atomic mass is 9.96. The van der Waals surface area contributed by atoms with Crippen LogP contribution < -0.4 is 0 Å². The SMILES string of the molecule is O=C1CC[C@H]2[C@@H]1CCC21OCCO1. The van der Waals surface area contributed by atoms with Gasteiger partial charge in [-0.3, -0.25) is 4.79 Å². The van der Waals surface area contributed by atoms with Gasteiger partial charge >= 0.3 is 0 Å². The lowest BCUT2D eigenvalue weighted by Crippen LogP contribution is -2.35. The average molecular weight is 182 g/mol. The first-order valence-corrected chi connectivity index (χ1v) is 5.12. The molecule has 3 fully saturated rings. The number of ketones is 1. The first-order valence-electron chi connectivity index (χ1n) is 5.12. The third-order valence-corrected chi connectivity index (χ3v) is 3.75. The molecule has 1 saturated heterocycles. The molecule has 0 bridgehead atoms. The summed E-state index contributed by atoms with van der Waals surface area (Å²) in [5, 5.41) is 0. The van der Waals surface area contributed by atoms with E-state index in [0.717, 1.165) is 25.7 Å². The van der Waals surface area contributed by atoms with E-state index in [1.165, 1.54) is 0 Å². The van der Waals surface area contributed by atoms with Crippen LogP contribution in [0.3, 0.4) is 0 Å². The molecule has 2 aliphatic carbocycles. The molecule has 3 rings (SSSR count). The maximum atomic E-state index is 11.5. The first kappa shape index (κ1) is 7.94. The maximum Gasteiger partial charge on any atom is 0.171 e. The molecule has 0 N–H and O–H groups in total. The van der Waals surface area contributed by atoms with E-state index in [4.69, 9.17) is 9.47 Å². The van der Waals surface area contributed by atoms with Gasteiger partial charge in [0.15, 0.2) is 5.79 Å². The standard InChI is InChI=1S/C10H14O3/c11-9-2-1-8-7(9)3-4-10(8)12-5-6-13-10/h7-8H,1-6H2/t7-,8-/m0/s1. The Labute approximate surface area is 77.4 Å². The summed E-state index contributed by atoms with van der Waals surface area (Å²) in [5.41, 5.74) is 0. The molecule has 3 aliphatic rings. The predicted molar refractivity (Wildman–Crippen MR) is 45.1 cm³/mol. The van der Waals surface area contributed by atoms with Gasteiger partial charge in [0.25, 0.3) is 0 Å². The molecular weight excluding hydrogens is 168 g/mol. The van der Waals surface area contributed by atoms with E-state index >= 15 is 0 Å². The molecule has 72 valence electrons. The van der Waals surface area contributed by atoms with Crippen molar-refractivity contribution in [1.82, 2.24) is 0 Å². The van der Waals surface area contributed by atoms with Crippen molar-refractivity contribution in [3.63, 3.8) is 0 Å². The Morgan fingerprint density at radius 1 is 1.23 bits per heavy atom. The highest BCUT2D eigenvalue weighted by molar-refractivity contribution is 5.84. The molecule has 1 spiro atoms. The molecule has 0 amide bonds. The molecule has 0 unspecified atom stereocenters. The van der Waals surface area contributed by atoms with Gasteiger partial charge in [0.1, 0.15) is 5.78 Å². The minimum absolute atomic E-state index is 0.248. The predicted octanol–water partition coefficient (Wildman–Crippen LogP) is 1.12. The van der Waals surface area contributed by atoms with Gasteiger partial charge in [0, 0.05) is 24.7 Å². The first-order chi connectivity index (χ1) is 6.32. The van der Waals surface area contributed by atoms with Crippen LogP contribution in [-0.2, 0) is 14.3 Å². The van der Waals surface area contributed by atoms with Crippen molar-refractivity contribution in [1.29, 1.82) is 0 Å². The van der Waals surface area contributed by atoms with Gasteiger partial charge in [-0.05, 0) is 12.8 Å². The lowest BCUT2D eigenvalue weighted by Gasteiger charge is -2.28. The van der Waals surface area contributed by atoms with Gasteiger partial charge in [-0.15, -0.1) is 0 Å². The van der Waals surface area contributed by atoms with Crippen LogP contribution in [0.15, 0.2) is 0 Å². The second-order valence-corrected chi connectivity index (χ2v) is 4.27. The Morgan fingerprint density at radius 3 is 2.77 bits per heavy atom. The summed E-state index contributed by atoms with van der Waals surface area (Å²) in [6.07, 6.45) is 3.62. The van der Waals surface area contributed by atoms with Crippen molar-refractivity contribution in [2.75, 3.05) is 13.2 Å². The summed E-state index contributed by atoms with van der Waals surface area (Å²) < 4.78 is 11.4. The Balaban J connectivity index is 1.89. The highest BCUT2D eigenvalue weighted by Gasteiger charge is 2.56. The van der Waals surface area contributed by atoms with Crippen molar-refractivity contribution in [2.45, 2.75) is 31.5 Å². The van der Waals surface area contributed by atoms with Gasteiger partial charge in [-0.25, -0.2) is 0 Å². The van der Waals surface area contributed by atoms with Crippen molar-refractivity contribution in [3.05, 3.63) is 0 Å². The number of hydrogen-bond acceptors (Lipinski definition) is 3. The molecule has 3 nitrogen and oxygen atoms in total. The van der Waals surface area contributed by atoms with E-state index in [9.17, 15) is 4.79 Å². The van der Waals surface area contributed by atoms with E-state index < -0.39 is 0 Å². The van der Waals surface area contributed by atoms with Crippen LogP contribution in [-0.4, -0.2) is 24.8 Å². The molecule has 1 heterocycles. The minimum atomic E-state index is -0.350. The van der Waals surface area contributed by atoms with Gasteiger partial charge < -0.3 is 9.47 Å². The third kappa shape index (κ3) is 0.945. The molecule has 0 aromatic heterocycles. The minimum Gasteiger partial charge on any atom is -0.347 e. The fourth-order valence-electron chi connectivity index (χ4n) is 3.17. The van der Waals surface area contributed by atoms with Crippen LogP contribution in [0, 0.1) is 11.8 Å². The zero-order chi connectivity index (χ0) is 8.89. The van der Waals surface area contributed by atoms with E-state index in [2.05, 4.69) is 0 Å². The topological polar surface area (TPSA) is 35.5 Å². The molecule has 0 aromatic rings. The number of carbonyl (C=O) groups is 1. The number of fused-ring (bicyclic) bond motifs is 2. The number of carbonyl (C=O) groups excluding carboxylic acids is 1. The molecule has 2 atom stereocenters. The quantitative estimate of drug-likeness (QED) is 0.563. The van der Waals surface area contributed by atoms with E-state index in [1.807, 2.05) is 0 Å². The number of hydrogen-bond donors (Lipinski definition) is 0. The number of Topliss-reactive ketones (excluding diaryl/α,β-unsaturated/α-hetero) is 1. The summed E-state index contributed by atoms with van der Waals surface area (Å²) in [6, 6.07) is 0. The van der Waals surface area contributed by atoms with Crippen LogP contribution in [0.1, 0.15) is 25.7 Å². The van der Waals surface area contributed by atoms with Crippen LogP contribution in [0.25, 0.3) is 0 Å². The highest BCUT2D eigenvalue weighted by Crippen LogP contribution is 2.51. The summed E-state index contributed by atoms with van der Waals surface area (Å²) in [4.78, 5) is 11.5. The zero-order valence-electron chi connectivity index (χ0n) is 7.62. The molecule has 2 saturated carbocycles.